The highest BCUT2D eigenvalue weighted by Gasteiger charge is 2.33. The van der Waals surface area contributed by atoms with Crippen molar-refractivity contribution in [2.75, 3.05) is 0 Å². The summed E-state index contributed by atoms with van der Waals surface area (Å²) in [5, 5.41) is 16.7. The van der Waals surface area contributed by atoms with Crippen LogP contribution in [0.1, 0.15) is 47.0 Å². The summed E-state index contributed by atoms with van der Waals surface area (Å²) < 4.78 is 28.4. The summed E-state index contributed by atoms with van der Waals surface area (Å²) in [7, 11) is 0. The SMILES string of the molecule is CC(C)C(F)(F)Cc1ccc(CC(NC(=O)c2cccc3c(Cl)cccc23)C(O)c2cccc(Cl)c2)cc1. The summed E-state index contributed by atoms with van der Waals surface area (Å²) >= 11 is 12.5. The van der Waals surface area contributed by atoms with E-state index < -0.39 is 24.0 Å². The zero-order chi connectivity index (χ0) is 27.4. The van der Waals surface area contributed by atoms with Crippen molar-refractivity contribution in [3.05, 3.63) is 117 Å². The third kappa shape index (κ3) is 6.52. The second-order valence-corrected chi connectivity index (χ2v) is 10.7. The highest BCUT2D eigenvalue weighted by atomic mass is 35.5. The maximum absolute atomic E-state index is 14.2. The number of alkyl halides is 2. The molecular weight excluding hydrogens is 527 g/mol. The zero-order valence-electron chi connectivity index (χ0n) is 21.1. The van der Waals surface area contributed by atoms with Crippen LogP contribution in [0.4, 0.5) is 8.78 Å². The van der Waals surface area contributed by atoms with Gasteiger partial charge < -0.3 is 10.4 Å². The molecule has 198 valence electrons. The third-order valence-corrected chi connectivity index (χ3v) is 7.33. The number of hydrogen-bond donors (Lipinski definition) is 2. The highest BCUT2D eigenvalue weighted by molar-refractivity contribution is 6.36. The molecule has 38 heavy (non-hydrogen) atoms. The van der Waals surface area contributed by atoms with Crippen LogP contribution in [0, 0.1) is 5.92 Å². The molecule has 0 aliphatic rings. The van der Waals surface area contributed by atoms with Crippen LogP contribution in [0.15, 0.2) is 84.9 Å². The van der Waals surface area contributed by atoms with E-state index in [1.54, 1.807) is 72.8 Å². The molecule has 7 heteroatoms. The van der Waals surface area contributed by atoms with Gasteiger partial charge in [-0.15, -0.1) is 0 Å². The smallest absolute Gasteiger partial charge is 0.254 e. The number of benzene rings is 4. The number of nitrogens with one attached hydrogen (secondary N) is 1. The number of halogens is 4. The van der Waals surface area contributed by atoms with Crippen molar-refractivity contribution in [2.24, 2.45) is 5.92 Å². The number of carbonyl (C=O) groups is 1. The zero-order valence-corrected chi connectivity index (χ0v) is 22.6. The summed E-state index contributed by atoms with van der Waals surface area (Å²) in [5.74, 6) is -3.93. The quantitative estimate of drug-likeness (QED) is 0.219. The van der Waals surface area contributed by atoms with E-state index in [0.29, 0.717) is 32.1 Å². The lowest BCUT2D eigenvalue weighted by atomic mass is 9.93. The lowest BCUT2D eigenvalue weighted by Gasteiger charge is -2.26. The molecule has 0 aliphatic carbocycles. The summed E-state index contributed by atoms with van der Waals surface area (Å²) in [4.78, 5) is 13.5. The van der Waals surface area contributed by atoms with Gasteiger partial charge in [-0.2, -0.15) is 0 Å². The van der Waals surface area contributed by atoms with Gasteiger partial charge in [0.05, 0.1) is 12.1 Å². The van der Waals surface area contributed by atoms with Crippen LogP contribution >= 0.6 is 23.2 Å². The standard InChI is InChI=1S/C31H29Cl2F2NO2/c1-19(2)31(34,35)18-21-14-12-20(13-15-21)16-28(29(37)22-6-3-7-23(32)17-22)36-30(38)26-10-4-9-25-24(26)8-5-11-27(25)33/h3-15,17,19,28-29,37H,16,18H2,1-2H3,(H,36,38). The molecule has 0 aliphatic heterocycles. The van der Waals surface area contributed by atoms with Crippen molar-refractivity contribution in [2.45, 2.75) is 44.8 Å². The predicted molar refractivity (Wildman–Crippen MR) is 150 cm³/mol. The average Bonchev–Trinajstić information content (AvgIpc) is 2.88. The van der Waals surface area contributed by atoms with E-state index in [9.17, 15) is 18.7 Å². The van der Waals surface area contributed by atoms with Crippen LogP contribution < -0.4 is 5.32 Å². The van der Waals surface area contributed by atoms with Crippen molar-refractivity contribution < 1.29 is 18.7 Å². The largest absolute Gasteiger partial charge is 0.386 e. The Kier molecular flexibility index (Phi) is 8.71. The minimum absolute atomic E-state index is 0.270. The van der Waals surface area contributed by atoms with Gasteiger partial charge in [-0.05, 0) is 52.8 Å². The van der Waals surface area contributed by atoms with Crippen molar-refractivity contribution >= 4 is 39.9 Å². The van der Waals surface area contributed by atoms with E-state index in [1.165, 1.54) is 13.8 Å². The normalized spacial score (nSPS) is 13.5. The molecule has 0 bridgehead atoms. The second-order valence-electron chi connectivity index (χ2n) is 9.83. The molecule has 1 amide bonds. The lowest BCUT2D eigenvalue weighted by Crippen LogP contribution is -2.41. The first-order chi connectivity index (χ1) is 18.0. The Labute approximate surface area is 231 Å². The van der Waals surface area contributed by atoms with Gasteiger partial charge in [-0.1, -0.05) is 97.7 Å². The molecule has 0 aromatic heterocycles. The van der Waals surface area contributed by atoms with Crippen molar-refractivity contribution in [1.82, 2.24) is 5.32 Å². The first kappa shape index (κ1) is 28.0. The first-order valence-corrected chi connectivity index (χ1v) is 13.2. The van der Waals surface area contributed by atoms with Crippen LogP contribution in [0.2, 0.25) is 10.0 Å². The number of hydrogen-bond acceptors (Lipinski definition) is 2. The monoisotopic (exact) mass is 555 g/mol. The van der Waals surface area contributed by atoms with Gasteiger partial charge in [-0.3, -0.25) is 4.79 Å². The molecule has 0 spiro atoms. The molecule has 2 unspecified atom stereocenters. The summed E-state index contributed by atoms with van der Waals surface area (Å²) in [6.07, 6.45) is -1.15. The fourth-order valence-electron chi connectivity index (χ4n) is 4.40. The number of fused-ring (bicyclic) bond motifs is 1. The third-order valence-electron chi connectivity index (χ3n) is 6.76. The van der Waals surface area contributed by atoms with Gasteiger partial charge in [0, 0.05) is 33.3 Å². The lowest BCUT2D eigenvalue weighted by molar-refractivity contribution is -0.0439. The van der Waals surface area contributed by atoms with Crippen molar-refractivity contribution in [3.8, 4) is 0 Å². The molecule has 0 saturated heterocycles. The summed E-state index contributed by atoms with van der Waals surface area (Å²) in [6.45, 7) is 3.01. The number of carbonyl (C=O) groups excluding carboxylic acids is 1. The summed E-state index contributed by atoms with van der Waals surface area (Å²) in [5.41, 5.74) is 2.29. The molecule has 4 rings (SSSR count). The number of amides is 1. The summed E-state index contributed by atoms with van der Waals surface area (Å²) in [6, 6.07) is 23.6. The number of rotatable bonds is 9. The second kappa shape index (κ2) is 11.8. The maximum atomic E-state index is 14.2. The van der Waals surface area contributed by atoms with E-state index >= 15 is 0 Å². The van der Waals surface area contributed by atoms with Crippen LogP contribution in [0.25, 0.3) is 10.8 Å². The van der Waals surface area contributed by atoms with Gasteiger partial charge in [0.15, 0.2) is 0 Å². The fourth-order valence-corrected chi connectivity index (χ4v) is 4.84. The molecule has 0 fully saturated rings. The van der Waals surface area contributed by atoms with Crippen molar-refractivity contribution in [3.63, 3.8) is 0 Å². The highest BCUT2D eigenvalue weighted by Crippen LogP contribution is 2.30. The molecule has 0 radical (unpaired) electrons. The molecule has 4 aromatic rings. The maximum Gasteiger partial charge on any atom is 0.254 e. The van der Waals surface area contributed by atoms with E-state index in [1.807, 2.05) is 12.1 Å². The van der Waals surface area contributed by atoms with E-state index in [0.717, 1.165) is 10.9 Å². The van der Waals surface area contributed by atoms with Gasteiger partial charge >= 0.3 is 0 Å². The minimum Gasteiger partial charge on any atom is -0.386 e. The molecule has 4 aromatic carbocycles. The van der Waals surface area contributed by atoms with Crippen LogP contribution in [-0.2, 0) is 12.8 Å². The van der Waals surface area contributed by atoms with Gasteiger partial charge in [0.2, 0.25) is 0 Å². The number of aliphatic hydroxyl groups is 1. The van der Waals surface area contributed by atoms with Gasteiger partial charge in [0.25, 0.3) is 11.8 Å². The van der Waals surface area contributed by atoms with Crippen LogP contribution in [0.3, 0.4) is 0 Å². The topological polar surface area (TPSA) is 49.3 Å². The molecule has 0 heterocycles. The van der Waals surface area contributed by atoms with Crippen molar-refractivity contribution in [1.29, 1.82) is 0 Å². The molecular formula is C31H29Cl2F2NO2. The van der Waals surface area contributed by atoms with E-state index in [4.69, 9.17) is 23.2 Å². The molecule has 0 saturated carbocycles. The Hall–Kier alpha value is -2.99. The van der Waals surface area contributed by atoms with E-state index in [2.05, 4.69) is 5.32 Å². The Morgan fingerprint density at radius 3 is 2.21 bits per heavy atom. The molecule has 2 atom stereocenters. The van der Waals surface area contributed by atoms with Gasteiger partial charge in [-0.25, -0.2) is 8.78 Å². The number of aliphatic hydroxyl groups excluding tert-OH is 1. The van der Waals surface area contributed by atoms with Crippen LogP contribution in [-0.4, -0.2) is 23.0 Å². The molecule has 3 nitrogen and oxygen atoms in total. The Morgan fingerprint density at radius 2 is 1.53 bits per heavy atom. The Morgan fingerprint density at radius 1 is 0.895 bits per heavy atom. The van der Waals surface area contributed by atoms with Gasteiger partial charge in [0.1, 0.15) is 0 Å². The Bertz CT molecular complexity index is 1420. The minimum atomic E-state index is -2.80. The Balaban J connectivity index is 1.62. The molecule has 2 N–H and O–H groups in total. The van der Waals surface area contributed by atoms with E-state index in [-0.39, 0.29) is 18.7 Å². The average molecular weight is 556 g/mol. The first-order valence-electron chi connectivity index (χ1n) is 12.4. The fraction of sp³-hybridized carbons (Fsp3) is 0.258. The predicted octanol–water partition coefficient (Wildman–Crippen LogP) is 8.06. The van der Waals surface area contributed by atoms with Crippen LogP contribution in [0.5, 0.6) is 0 Å².